The van der Waals surface area contributed by atoms with Gasteiger partial charge in [-0.05, 0) is 54.3 Å². The van der Waals surface area contributed by atoms with Gasteiger partial charge in [-0.1, -0.05) is 50.1 Å². The van der Waals surface area contributed by atoms with Gasteiger partial charge in [-0.3, -0.25) is 4.79 Å². The number of primary amides is 1. The second-order valence-corrected chi connectivity index (χ2v) is 7.77. The number of fused-ring (bicyclic) bond motifs is 3. The standard InChI is InChI=1S/C26H25N3O/c1-2-3-4-7-18-12-13-21-24(15-18)29(17-20-9-5-8-19(14-20)16-27)23-11-6-10-22(25(21)23)26(28)30/h5-6,8-15H,2-4,7,17H2,1H3,(H2,28,30). The summed E-state index contributed by atoms with van der Waals surface area (Å²) < 4.78 is 2.23. The lowest BCUT2D eigenvalue weighted by atomic mass is 10.0. The van der Waals surface area contributed by atoms with Crippen molar-refractivity contribution in [3.63, 3.8) is 0 Å². The van der Waals surface area contributed by atoms with E-state index in [1.807, 2.05) is 36.4 Å². The molecule has 0 saturated carbocycles. The van der Waals surface area contributed by atoms with Crippen LogP contribution in [-0.2, 0) is 13.0 Å². The van der Waals surface area contributed by atoms with Gasteiger partial charge in [-0.15, -0.1) is 0 Å². The molecule has 2 N–H and O–H groups in total. The summed E-state index contributed by atoms with van der Waals surface area (Å²) in [5.74, 6) is -0.418. The zero-order valence-electron chi connectivity index (χ0n) is 17.2. The lowest BCUT2D eigenvalue weighted by molar-refractivity contribution is 0.100. The number of hydrogen-bond donors (Lipinski definition) is 1. The van der Waals surface area contributed by atoms with Gasteiger partial charge < -0.3 is 10.3 Å². The van der Waals surface area contributed by atoms with E-state index in [9.17, 15) is 10.1 Å². The van der Waals surface area contributed by atoms with Crippen molar-refractivity contribution in [1.29, 1.82) is 5.26 Å². The van der Waals surface area contributed by atoms with Crippen LogP contribution in [0.2, 0.25) is 0 Å². The first-order valence-electron chi connectivity index (χ1n) is 10.4. The molecule has 0 unspecified atom stereocenters. The molecule has 4 aromatic rings. The highest BCUT2D eigenvalue weighted by molar-refractivity contribution is 6.18. The number of rotatable bonds is 7. The molecule has 0 bridgehead atoms. The Morgan fingerprint density at radius 3 is 2.60 bits per heavy atom. The highest BCUT2D eigenvalue weighted by atomic mass is 16.1. The third-order valence-electron chi connectivity index (χ3n) is 5.69. The molecule has 150 valence electrons. The van der Waals surface area contributed by atoms with E-state index in [1.165, 1.54) is 24.8 Å². The highest BCUT2D eigenvalue weighted by Gasteiger charge is 2.17. The number of nitriles is 1. The molecule has 0 aliphatic heterocycles. The van der Waals surface area contributed by atoms with E-state index < -0.39 is 5.91 Å². The zero-order valence-corrected chi connectivity index (χ0v) is 17.2. The van der Waals surface area contributed by atoms with E-state index in [-0.39, 0.29) is 0 Å². The number of nitrogens with two attached hydrogens (primary N) is 1. The molecule has 1 aromatic heterocycles. The Morgan fingerprint density at radius 2 is 1.83 bits per heavy atom. The Bertz CT molecular complexity index is 1280. The van der Waals surface area contributed by atoms with E-state index in [1.54, 1.807) is 6.07 Å². The third kappa shape index (κ3) is 3.67. The van der Waals surface area contributed by atoms with Crippen molar-refractivity contribution < 1.29 is 4.79 Å². The van der Waals surface area contributed by atoms with Crippen molar-refractivity contribution >= 4 is 27.7 Å². The van der Waals surface area contributed by atoms with Gasteiger partial charge in [-0.25, -0.2) is 0 Å². The second kappa shape index (κ2) is 8.42. The van der Waals surface area contributed by atoms with Crippen LogP contribution < -0.4 is 5.73 Å². The lowest BCUT2D eigenvalue weighted by Gasteiger charge is -2.09. The Balaban J connectivity index is 1.92. The van der Waals surface area contributed by atoms with E-state index in [0.29, 0.717) is 17.7 Å². The maximum absolute atomic E-state index is 12.1. The molecule has 1 heterocycles. The van der Waals surface area contributed by atoms with Crippen LogP contribution >= 0.6 is 0 Å². The van der Waals surface area contributed by atoms with Crippen LogP contribution in [0.4, 0.5) is 0 Å². The van der Waals surface area contributed by atoms with Crippen molar-refractivity contribution in [1.82, 2.24) is 4.57 Å². The van der Waals surface area contributed by atoms with Gasteiger partial charge in [0.1, 0.15) is 0 Å². The van der Waals surface area contributed by atoms with Gasteiger partial charge in [0.25, 0.3) is 0 Å². The number of aromatic nitrogens is 1. The Morgan fingerprint density at radius 1 is 1.00 bits per heavy atom. The summed E-state index contributed by atoms with van der Waals surface area (Å²) >= 11 is 0. The van der Waals surface area contributed by atoms with Gasteiger partial charge in [0, 0.05) is 28.4 Å². The van der Waals surface area contributed by atoms with Crippen LogP contribution in [0.15, 0.2) is 60.7 Å². The topological polar surface area (TPSA) is 71.8 Å². The fourth-order valence-corrected chi connectivity index (χ4v) is 4.22. The van der Waals surface area contributed by atoms with Gasteiger partial charge in [0.05, 0.1) is 17.1 Å². The maximum Gasteiger partial charge on any atom is 0.249 e. The summed E-state index contributed by atoms with van der Waals surface area (Å²) in [6, 6.07) is 22.1. The predicted molar refractivity (Wildman–Crippen MR) is 121 cm³/mol. The molecule has 0 aliphatic carbocycles. The molecule has 4 rings (SSSR count). The first kappa shape index (κ1) is 19.7. The molecule has 3 aromatic carbocycles. The summed E-state index contributed by atoms with van der Waals surface area (Å²) in [6.45, 7) is 2.83. The molecule has 0 atom stereocenters. The molecule has 0 spiro atoms. The number of amides is 1. The van der Waals surface area contributed by atoms with Crippen LogP contribution in [-0.4, -0.2) is 10.5 Å². The van der Waals surface area contributed by atoms with Crippen molar-refractivity contribution in [3.05, 3.63) is 82.9 Å². The van der Waals surface area contributed by atoms with Gasteiger partial charge in [0.2, 0.25) is 5.91 Å². The molecule has 0 aliphatic rings. The molecule has 4 heteroatoms. The number of aryl methyl sites for hydroxylation is 1. The van der Waals surface area contributed by atoms with E-state index in [2.05, 4.69) is 35.8 Å². The SMILES string of the molecule is CCCCCc1ccc2c3c(C(N)=O)cccc3n(Cc3cccc(C#N)c3)c2c1. The Hall–Kier alpha value is -3.58. The monoisotopic (exact) mass is 395 g/mol. The fraction of sp³-hybridized carbons (Fsp3) is 0.231. The quantitative estimate of drug-likeness (QED) is 0.417. The summed E-state index contributed by atoms with van der Waals surface area (Å²) in [4.78, 5) is 12.1. The minimum Gasteiger partial charge on any atom is -0.366 e. The van der Waals surface area contributed by atoms with Crippen LogP contribution in [0.25, 0.3) is 21.8 Å². The minimum absolute atomic E-state index is 0.418. The number of hydrogen-bond acceptors (Lipinski definition) is 2. The first-order valence-corrected chi connectivity index (χ1v) is 10.4. The molecule has 0 fully saturated rings. The van der Waals surface area contributed by atoms with Crippen LogP contribution in [0.1, 0.15) is 53.2 Å². The summed E-state index contributed by atoms with van der Waals surface area (Å²) in [7, 11) is 0. The molecule has 4 nitrogen and oxygen atoms in total. The lowest BCUT2D eigenvalue weighted by Crippen LogP contribution is -2.11. The summed E-state index contributed by atoms with van der Waals surface area (Å²) in [5.41, 5.74) is 11.3. The van der Waals surface area contributed by atoms with E-state index in [4.69, 9.17) is 5.73 Å². The number of benzene rings is 3. The third-order valence-corrected chi connectivity index (χ3v) is 5.69. The number of nitrogens with zero attached hydrogens (tertiary/aromatic N) is 2. The first-order chi connectivity index (χ1) is 14.6. The summed E-state index contributed by atoms with van der Waals surface area (Å²) in [6.07, 6.45) is 4.62. The second-order valence-electron chi connectivity index (χ2n) is 7.77. The van der Waals surface area contributed by atoms with Crippen LogP contribution in [0.5, 0.6) is 0 Å². The summed E-state index contributed by atoms with van der Waals surface area (Å²) in [5, 5.41) is 11.2. The zero-order chi connectivity index (χ0) is 21.1. The predicted octanol–water partition coefficient (Wildman–Crippen LogP) is 5.55. The maximum atomic E-state index is 12.1. The molecular weight excluding hydrogens is 370 g/mol. The molecule has 30 heavy (non-hydrogen) atoms. The van der Waals surface area contributed by atoms with Crippen molar-refractivity contribution in [2.45, 2.75) is 39.2 Å². The average molecular weight is 396 g/mol. The van der Waals surface area contributed by atoms with Gasteiger partial charge in [-0.2, -0.15) is 5.26 Å². The van der Waals surface area contributed by atoms with Crippen molar-refractivity contribution in [2.75, 3.05) is 0 Å². The average Bonchev–Trinajstić information content (AvgIpc) is 3.07. The molecule has 1 amide bonds. The van der Waals surface area contributed by atoms with Crippen LogP contribution in [0, 0.1) is 11.3 Å². The normalized spacial score (nSPS) is 11.1. The number of carbonyl (C=O) groups is 1. The Kier molecular flexibility index (Phi) is 5.54. The fourth-order valence-electron chi connectivity index (χ4n) is 4.22. The highest BCUT2D eigenvalue weighted by Crippen LogP contribution is 2.33. The molecule has 0 saturated heterocycles. The largest absolute Gasteiger partial charge is 0.366 e. The Labute approximate surface area is 176 Å². The van der Waals surface area contributed by atoms with Crippen molar-refractivity contribution in [3.8, 4) is 6.07 Å². The number of carbonyl (C=O) groups excluding carboxylic acids is 1. The van der Waals surface area contributed by atoms with Gasteiger partial charge >= 0.3 is 0 Å². The van der Waals surface area contributed by atoms with Gasteiger partial charge in [0.15, 0.2) is 0 Å². The molecular formula is C26H25N3O. The van der Waals surface area contributed by atoms with E-state index in [0.717, 1.165) is 33.8 Å². The smallest absolute Gasteiger partial charge is 0.249 e. The van der Waals surface area contributed by atoms with Crippen LogP contribution in [0.3, 0.4) is 0 Å². The minimum atomic E-state index is -0.418. The number of unbranched alkanes of at least 4 members (excludes halogenated alkanes) is 2. The molecule has 0 radical (unpaired) electrons. The van der Waals surface area contributed by atoms with E-state index >= 15 is 0 Å². The van der Waals surface area contributed by atoms with Crippen molar-refractivity contribution in [2.24, 2.45) is 5.73 Å².